The van der Waals surface area contributed by atoms with Gasteiger partial charge in [-0.25, -0.2) is 4.79 Å². The minimum absolute atomic E-state index is 0.0131. The second kappa shape index (κ2) is 6.56. The minimum Gasteiger partial charge on any atom is -0.392 e. The van der Waals surface area contributed by atoms with E-state index in [0.717, 1.165) is 25.8 Å². The summed E-state index contributed by atoms with van der Waals surface area (Å²) in [5.41, 5.74) is 0. The minimum atomic E-state index is -0.499. The van der Waals surface area contributed by atoms with Crippen molar-refractivity contribution in [2.24, 2.45) is 0 Å². The first-order valence-corrected chi connectivity index (χ1v) is 5.98. The number of piperidine rings is 1. The van der Waals surface area contributed by atoms with Gasteiger partial charge < -0.3 is 10.4 Å². The fourth-order valence-electron chi connectivity index (χ4n) is 2.17. The molecule has 17 heavy (non-hydrogen) atoms. The molecule has 0 aliphatic carbocycles. The van der Waals surface area contributed by atoms with E-state index >= 15 is 0 Å². The summed E-state index contributed by atoms with van der Waals surface area (Å²) >= 11 is 0. The molecule has 1 heterocycles. The zero-order chi connectivity index (χ0) is 12.8. The van der Waals surface area contributed by atoms with Crippen LogP contribution in [0.2, 0.25) is 0 Å². The Morgan fingerprint density at radius 2 is 2.18 bits per heavy atom. The molecule has 0 aromatic carbocycles. The van der Waals surface area contributed by atoms with Crippen LogP contribution in [0.25, 0.3) is 0 Å². The SMILES string of the molecule is CNC(=O)NC(=O)CN1CCCC[C@H]1[C@H](C)O. The quantitative estimate of drug-likeness (QED) is 0.634. The second-order valence-electron chi connectivity index (χ2n) is 4.40. The molecule has 0 aromatic rings. The third-order valence-electron chi connectivity index (χ3n) is 3.05. The summed E-state index contributed by atoms with van der Waals surface area (Å²) < 4.78 is 0. The number of hydrogen-bond acceptors (Lipinski definition) is 4. The summed E-state index contributed by atoms with van der Waals surface area (Å²) in [4.78, 5) is 24.5. The van der Waals surface area contributed by atoms with Crippen molar-refractivity contribution in [3.8, 4) is 0 Å². The van der Waals surface area contributed by atoms with Gasteiger partial charge >= 0.3 is 6.03 Å². The summed E-state index contributed by atoms with van der Waals surface area (Å²) in [7, 11) is 1.46. The van der Waals surface area contributed by atoms with E-state index in [1.807, 2.05) is 4.90 Å². The van der Waals surface area contributed by atoms with E-state index in [1.165, 1.54) is 7.05 Å². The average Bonchev–Trinajstić information content (AvgIpc) is 2.29. The normalized spacial score (nSPS) is 22.9. The van der Waals surface area contributed by atoms with Gasteiger partial charge in [-0.05, 0) is 26.3 Å². The van der Waals surface area contributed by atoms with Crippen molar-refractivity contribution in [2.75, 3.05) is 20.1 Å². The number of imide groups is 1. The molecule has 6 heteroatoms. The number of nitrogens with zero attached hydrogens (tertiary/aromatic N) is 1. The van der Waals surface area contributed by atoms with Crippen LogP contribution in [0.1, 0.15) is 26.2 Å². The fraction of sp³-hybridized carbons (Fsp3) is 0.818. The molecular formula is C11H21N3O3. The fourth-order valence-corrected chi connectivity index (χ4v) is 2.17. The molecule has 3 N–H and O–H groups in total. The molecule has 0 spiro atoms. The lowest BCUT2D eigenvalue weighted by atomic mass is 9.98. The summed E-state index contributed by atoms with van der Waals surface area (Å²) in [6.07, 6.45) is 2.54. The Labute approximate surface area is 101 Å². The first-order chi connectivity index (χ1) is 8.04. The van der Waals surface area contributed by atoms with Crippen molar-refractivity contribution >= 4 is 11.9 Å². The predicted molar refractivity (Wildman–Crippen MR) is 63.5 cm³/mol. The van der Waals surface area contributed by atoms with Crippen molar-refractivity contribution in [2.45, 2.75) is 38.3 Å². The Morgan fingerprint density at radius 3 is 2.76 bits per heavy atom. The van der Waals surface area contributed by atoms with Crippen LogP contribution in [-0.2, 0) is 4.79 Å². The lowest BCUT2D eigenvalue weighted by Crippen LogP contribution is -2.51. The molecule has 1 saturated heterocycles. The number of hydrogen-bond donors (Lipinski definition) is 3. The van der Waals surface area contributed by atoms with Crippen LogP contribution in [0.4, 0.5) is 4.79 Å². The van der Waals surface area contributed by atoms with Crippen LogP contribution in [0.15, 0.2) is 0 Å². The van der Waals surface area contributed by atoms with Gasteiger partial charge in [-0.2, -0.15) is 0 Å². The van der Waals surface area contributed by atoms with Gasteiger partial charge in [-0.1, -0.05) is 6.42 Å². The van der Waals surface area contributed by atoms with Crippen molar-refractivity contribution in [3.05, 3.63) is 0 Å². The van der Waals surface area contributed by atoms with Gasteiger partial charge in [0, 0.05) is 13.1 Å². The lowest BCUT2D eigenvalue weighted by Gasteiger charge is -2.36. The topological polar surface area (TPSA) is 81.7 Å². The van der Waals surface area contributed by atoms with Crippen molar-refractivity contribution < 1.29 is 14.7 Å². The van der Waals surface area contributed by atoms with Crippen molar-refractivity contribution in [1.82, 2.24) is 15.5 Å². The molecule has 0 aromatic heterocycles. The molecule has 0 bridgehead atoms. The van der Waals surface area contributed by atoms with Gasteiger partial charge in [-0.3, -0.25) is 15.0 Å². The van der Waals surface area contributed by atoms with Gasteiger partial charge in [0.1, 0.15) is 0 Å². The molecule has 1 aliphatic rings. The van der Waals surface area contributed by atoms with E-state index in [9.17, 15) is 14.7 Å². The molecule has 1 fully saturated rings. The summed E-state index contributed by atoms with van der Waals surface area (Å²) in [6.45, 7) is 2.68. The van der Waals surface area contributed by atoms with E-state index in [2.05, 4.69) is 10.6 Å². The maximum absolute atomic E-state index is 11.6. The Balaban J connectivity index is 2.47. The summed E-state index contributed by atoms with van der Waals surface area (Å²) in [6, 6.07) is -0.486. The van der Waals surface area contributed by atoms with Crippen LogP contribution < -0.4 is 10.6 Å². The van der Waals surface area contributed by atoms with E-state index < -0.39 is 12.1 Å². The zero-order valence-corrected chi connectivity index (χ0v) is 10.4. The number of carbonyl (C=O) groups excluding carboxylic acids is 2. The number of nitrogens with one attached hydrogen (secondary N) is 2. The van der Waals surface area contributed by atoms with Crippen LogP contribution >= 0.6 is 0 Å². The number of rotatable bonds is 3. The number of urea groups is 1. The van der Waals surface area contributed by atoms with Gasteiger partial charge in [0.2, 0.25) is 5.91 Å². The van der Waals surface area contributed by atoms with E-state index in [0.29, 0.717) is 0 Å². The van der Waals surface area contributed by atoms with Crippen LogP contribution in [0, 0.1) is 0 Å². The van der Waals surface area contributed by atoms with Crippen LogP contribution in [0.5, 0.6) is 0 Å². The maximum atomic E-state index is 11.6. The first kappa shape index (κ1) is 13.9. The number of aliphatic hydroxyl groups excluding tert-OH is 1. The van der Waals surface area contributed by atoms with Crippen molar-refractivity contribution in [1.29, 1.82) is 0 Å². The Morgan fingerprint density at radius 1 is 1.47 bits per heavy atom. The number of aliphatic hydroxyl groups is 1. The lowest BCUT2D eigenvalue weighted by molar-refractivity contribution is -0.122. The smallest absolute Gasteiger partial charge is 0.321 e. The number of amides is 3. The number of carbonyl (C=O) groups is 2. The maximum Gasteiger partial charge on any atom is 0.321 e. The molecule has 2 atom stereocenters. The standard InChI is InChI=1S/C11H21N3O3/c1-8(15)9-5-3-4-6-14(9)7-10(16)13-11(17)12-2/h8-9,15H,3-7H2,1-2H3,(H2,12,13,16,17)/t8-,9-/m0/s1. The molecule has 0 radical (unpaired) electrons. The first-order valence-electron chi connectivity index (χ1n) is 5.98. The van der Waals surface area contributed by atoms with Crippen molar-refractivity contribution in [3.63, 3.8) is 0 Å². The third kappa shape index (κ3) is 4.32. The zero-order valence-electron chi connectivity index (χ0n) is 10.4. The highest BCUT2D eigenvalue weighted by Gasteiger charge is 2.27. The Kier molecular flexibility index (Phi) is 5.37. The molecule has 6 nitrogen and oxygen atoms in total. The molecule has 0 unspecified atom stereocenters. The molecule has 1 rings (SSSR count). The second-order valence-corrected chi connectivity index (χ2v) is 4.40. The predicted octanol–water partition coefficient (Wildman–Crippen LogP) is -0.323. The Bertz CT molecular complexity index is 281. The highest BCUT2D eigenvalue weighted by Crippen LogP contribution is 2.19. The Hall–Kier alpha value is -1.14. The van der Waals surface area contributed by atoms with E-state index in [1.54, 1.807) is 6.92 Å². The van der Waals surface area contributed by atoms with Gasteiger partial charge in [0.25, 0.3) is 0 Å². The molecular weight excluding hydrogens is 222 g/mol. The molecule has 98 valence electrons. The van der Waals surface area contributed by atoms with Gasteiger partial charge in [-0.15, -0.1) is 0 Å². The van der Waals surface area contributed by atoms with Gasteiger partial charge in [0.15, 0.2) is 0 Å². The monoisotopic (exact) mass is 243 g/mol. The third-order valence-corrected chi connectivity index (χ3v) is 3.05. The van der Waals surface area contributed by atoms with E-state index in [4.69, 9.17) is 0 Å². The average molecular weight is 243 g/mol. The highest BCUT2D eigenvalue weighted by atomic mass is 16.3. The van der Waals surface area contributed by atoms with Gasteiger partial charge in [0.05, 0.1) is 12.6 Å². The largest absolute Gasteiger partial charge is 0.392 e. The summed E-state index contributed by atoms with van der Waals surface area (Å²) in [5.74, 6) is -0.336. The van der Waals surface area contributed by atoms with Crippen LogP contribution in [-0.4, -0.2) is 54.2 Å². The highest BCUT2D eigenvalue weighted by molar-refractivity contribution is 5.95. The number of likely N-dealkylation sites (tertiary alicyclic amines) is 1. The van der Waals surface area contributed by atoms with Crippen LogP contribution in [0.3, 0.4) is 0 Å². The molecule has 1 aliphatic heterocycles. The molecule has 3 amide bonds. The molecule has 0 saturated carbocycles. The van der Waals surface area contributed by atoms with E-state index in [-0.39, 0.29) is 18.5 Å². The summed E-state index contributed by atoms with van der Waals surface area (Å²) in [5, 5.41) is 14.2.